The van der Waals surface area contributed by atoms with Crippen molar-refractivity contribution in [2.75, 3.05) is 44.9 Å². The number of hydrogen-bond donors (Lipinski definition) is 0. The van der Waals surface area contributed by atoms with E-state index in [-0.39, 0.29) is 18.3 Å². The summed E-state index contributed by atoms with van der Waals surface area (Å²) in [6, 6.07) is 13.6. The standard InChI is InChI=1S/C21H25N3O2S2.ClH/c1-5-27-17-9-6-15(7-10-17)20(25)24(13-12-23(2)3)21-22-18-11-8-16(26-4)14-19(18)28-21;/h6-11,14H,5,12-13H2,1-4H3;1H. The van der Waals surface area contributed by atoms with Gasteiger partial charge in [0.2, 0.25) is 0 Å². The van der Waals surface area contributed by atoms with Gasteiger partial charge in [-0.15, -0.1) is 24.2 Å². The molecule has 156 valence electrons. The number of carbonyl (C=O) groups is 1. The molecule has 0 fully saturated rings. The van der Waals surface area contributed by atoms with Gasteiger partial charge in [-0.2, -0.15) is 0 Å². The van der Waals surface area contributed by atoms with Gasteiger partial charge in [0.25, 0.3) is 5.91 Å². The maximum Gasteiger partial charge on any atom is 0.260 e. The molecule has 0 unspecified atom stereocenters. The first-order valence-electron chi connectivity index (χ1n) is 9.16. The second kappa shape index (κ2) is 10.8. The molecule has 8 heteroatoms. The molecule has 5 nitrogen and oxygen atoms in total. The van der Waals surface area contributed by atoms with Crippen molar-refractivity contribution in [2.45, 2.75) is 11.8 Å². The quantitative estimate of drug-likeness (QED) is 0.448. The van der Waals surface area contributed by atoms with Crippen LogP contribution in [0, 0.1) is 0 Å². The van der Waals surface area contributed by atoms with Crippen molar-refractivity contribution in [3.8, 4) is 5.75 Å². The number of ether oxygens (including phenoxy) is 1. The van der Waals surface area contributed by atoms with Gasteiger partial charge in [0.15, 0.2) is 5.13 Å². The lowest BCUT2D eigenvalue weighted by atomic mass is 10.2. The predicted octanol–water partition coefficient (Wildman–Crippen LogP) is 5.05. The molecule has 0 aliphatic heterocycles. The Morgan fingerprint density at radius 2 is 1.86 bits per heavy atom. The van der Waals surface area contributed by atoms with Gasteiger partial charge in [-0.25, -0.2) is 4.98 Å². The molecule has 0 saturated carbocycles. The molecule has 0 aliphatic carbocycles. The van der Waals surface area contributed by atoms with Crippen LogP contribution in [0.3, 0.4) is 0 Å². The predicted molar refractivity (Wildman–Crippen MR) is 126 cm³/mol. The largest absolute Gasteiger partial charge is 0.497 e. The molecule has 3 rings (SSSR count). The fourth-order valence-electron chi connectivity index (χ4n) is 2.74. The van der Waals surface area contributed by atoms with E-state index in [1.165, 1.54) is 16.2 Å². The van der Waals surface area contributed by atoms with Crippen LogP contribution in [0.25, 0.3) is 10.2 Å². The van der Waals surface area contributed by atoms with Crippen molar-refractivity contribution in [2.24, 2.45) is 0 Å². The highest BCUT2D eigenvalue weighted by Gasteiger charge is 2.21. The molecule has 1 aromatic heterocycles. The van der Waals surface area contributed by atoms with Gasteiger partial charge in [-0.3, -0.25) is 9.69 Å². The van der Waals surface area contributed by atoms with Gasteiger partial charge < -0.3 is 9.64 Å². The molecule has 0 aliphatic rings. The molecule has 0 radical (unpaired) electrons. The van der Waals surface area contributed by atoms with Gasteiger partial charge in [0, 0.05) is 23.5 Å². The molecular weight excluding hydrogens is 426 g/mol. The minimum atomic E-state index is -0.0269. The summed E-state index contributed by atoms with van der Waals surface area (Å²) < 4.78 is 6.31. The third-order valence-corrected chi connectivity index (χ3v) is 6.18. The summed E-state index contributed by atoms with van der Waals surface area (Å²) in [4.78, 5) is 23.0. The summed E-state index contributed by atoms with van der Waals surface area (Å²) in [6.07, 6.45) is 0. The molecule has 0 N–H and O–H groups in total. The SMILES string of the molecule is CCSc1ccc(C(=O)N(CCN(C)C)c2nc3ccc(OC)cc3s2)cc1.Cl. The summed E-state index contributed by atoms with van der Waals surface area (Å²) in [5.74, 6) is 1.77. The van der Waals surface area contributed by atoms with E-state index in [0.29, 0.717) is 17.2 Å². The van der Waals surface area contributed by atoms with E-state index < -0.39 is 0 Å². The lowest BCUT2D eigenvalue weighted by molar-refractivity contribution is 0.0985. The number of thiazole rings is 1. The number of halogens is 1. The van der Waals surface area contributed by atoms with E-state index in [1.807, 2.05) is 56.6 Å². The van der Waals surface area contributed by atoms with Crippen LogP contribution in [-0.4, -0.2) is 55.8 Å². The number of rotatable bonds is 8. The number of hydrogen-bond acceptors (Lipinski definition) is 6. The monoisotopic (exact) mass is 451 g/mol. The van der Waals surface area contributed by atoms with Gasteiger partial charge in [-0.05, 0) is 62.3 Å². The number of fused-ring (bicyclic) bond motifs is 1. The van der Waals surface area contributed by atoms with Crippen molar-refractivity contribution in [3.63, 3.8) is 0 Å². The van der Waals surface area contributed by atoms with Crippen LogP contribution >= 0.6 is 35.5 Å². The van der Waals surface area contributed by atoms with E-state index in [4.69, 9.17) is 9.72 Å². The first kappa shape index (κ1) is 23.5. The van der Waals surface area contributed by atoms with Gasteiger partial charge in [0.1, 0.15) is 5.75 Å². The van der Waals surface area contributed by atoms with Crippen molar-refractivity contribution in [1.82, 2.24) is 9.88 Å². The van der Waals surface area contributed by atoms with E-state index in [1.54, 1.807) is 23.8 Å². The Labute approximate surface area is 186 Å². The number of carbonyl (C=O) groups excluding carboxylic acids is 1. The van der Waals surface area contributed by atoms with E-state index in [0.717, 1.165) is 28.3 Å². The third-order valence-electron chi connectivity index (χ3n) is 4.24. The van der Waals surface area contributed by atoms with Crippen LogP contribution < -0.4 is 9.64 Å². The number of anilines is 1. The second-order valence-corrected chi connectivity index (χ2v) is 8.89. The summed E-state index contributed by atoms with van der Waals surface area (Å²) in [7, 11) is 5.65. The highest BCUT2D eigenvalue weighted by molar-refractivity contribution is 7.99. The number of nitrogens with zero attached hydrogens (tertiary/aromatic N) is 3. The first-order chi connectivity index (χ1) is 13.5. The lowest BCUT2D eigenvalue weighted by Crippen LogP contribution is -2.36. The number of likely N-dealkylation sites (N-methyl/N-ethyl adjacent to an activating group) is 1. The van der Waals surface area contributed by atoms with Crippen molar-refractivity contribution in [1.29, 1.82) is 0 Å². The zero-order valence-corrected chi connectivity index (χ0v) is 19.5. The minimum Gasteiger partial charge on any atom is -0.497 e. The number of amides is 1. The average Bonchev–Trinajstić information content (AvgIpc) is 3.11. The Bertz CT molecular complexity index is 945. The van der Waals surface area contributed by atoms with Crippen LogP contribution in [0.1, 0.15) is 17.3 Å². The smallest absolute Gasteiger partial charge is 0.260 e. The molecule has 2 aromatic carbocycles. The second-order valence-electron chi connectivity index (χ2n) is 6.55. The van der Waals surface area contributed by atoms with Crippen LogP contribution in [0.5, 0.6) is 5.75 Å². The zero-order chi connectivity index (χ0) is 20.1. The molecule has 0 saturated heterocycles. The van der Waals surface area contributed by atoms with Crippen LogP contribution in [-0.2, 0) is 0 Å². The third kappa shape index (κ3) is 5.85. The van der Waals surface area contributed by atoms with Crippen molar-refractivity contribution in [3.05, 3.63) is 48.0 Å². The van der Waals surface area contributed by atoms with Crippen LogP contribution in [0.15, 0.2) is 47.4 Å². The van der Waals surface area contributed by atoms with E-state index in [2.05, 4.69) is 11.8 Å². The Morgan fingerprint density at radius 3 is 2.48 bits per heavy atom. The topological polar surface area (TPSA) is 45.7 Å². The lowest BCUT2D eigenvalue weighted by Gasteiger charge is -2.22. The molecule has 1 heterocycles. The van der Waals surface area contributed by atoms with Gasteiger partial charge in [-0.1, -0.05) is 18.3 Å². The maximum atomic E-state index is 13.3. The van der Waals surface area contributed by atoms with Crippen LogP contribution in [0.2, 0.25) is 0 Å². The minimum absolute atomic E-state index is 0. The molecule has 3 aromatic rings. The fourth-order valence-corrected chi connectivity index (χ4v) is 4.42. The zero-order valence-electron chi connectivity index (χ0n) is 17.0. The highest BCUT2D eigenvalue weighted by Crippen LogP contribution is 2.32. The number of methoxy groups -OCH3 is 1. The molecule has 0 bridgehead atoms. The van der Waals surface area contributed by atoms with E-state index >= 15 is 0 Å². The molecule has 29 heavy (non-hydrogen) atoms. The van der Waals surface area contributed by atoms with Gasteiger partial charge in [0.05, 0.1) is 17.3 Å². The summed E-state index contributed by atoms with van der Waals surface area (Å²) in [6.45, 7) is 3.46. The summed E-state index contributed by atoms with van der Waals surface area (Å²) in [5, 5.41) is 0.710. The number of benzene rings is 2. The van der Waals surface area contributed by atoms with Gasteiger partial charge >= 0.3 is 0 Å². The van der Waals surface area contributed by atoms with Crippen LogP contribution in [0.4, 0.5) is 5.13 Å². The Morgan fingerprint density at radius 1 is 1.14 bits per heavy atom. The Balaban J connectivity index is 0.00000300. The normalized spacial score (nSPS) is 10.8. The molecule has 0 atom stereocenters. The number of thioether (sulfide) groups is 1. The summed E-state index contributed by atoms with van der Waals surface area (Å²) >= 11 is 3.28. The van der Waals surface area contributed by atoms with Crippen molar-refractivity contribution < 1.29 is 9.53 Å². The highest BCUT2D eigenvalue weighted by atomic mass is 35.5. The first-order valence-corrected chi connectivity index (χ1v) is 11.0. The Hall–Kier alpha value is -1.80. The fraction of sp³-hybridized carbons (Fsp3) is 0.333. The average molecular weight is 452 g/mol. The molecule has 0 spiro atoms. The molecule has 1 amide bonds. The Kier molecular flexibility index (Phi) is 8.77. The number of aromatic nitrogens is 1. The van der Waals surface area contributed by atoms with Crippen molar-refractivity contribution >= 4 is 56.8 Å². The molecular formula is C21H26ClN3O2S2. The van der Waals surface area contributed by atoms with E-state index in [9.17, 15) is 4.79 Å². The summed E-state index contributed by atoms with van der Waals surface area (Å²) in [5.41, 5.74) is 1.55. The maximum absolute atomic E-state index is 13.3.